The number of carbonyl (C=O) groups excluding carboxylic acids is 5. The highest BCUT2D eigenvalue weighted by atomic mass is 35.5. The van der Waals surface area contributed by atoms with Gasteiger partial charge in [-0.25, -0.2) is 0 Å². The molecule has 0 saturated carbocycles. The standard InChI is InChI=1S/C5H6Cl2O2.C4H4Cl2O2S.C3H2Cl2O2/c6-4(8)2-1-3-5(7)9;5-3(7)1-8-2-4(6)9;4-2(6)1-3(5)7/h1-3H2;1-2H2;1H2. The Kier molecular flexibility index (Phi) is 24.4. The molecule has 0 saturated heterocycles. The van der Waals surface area contributed by atoms with E-state index >= 15 is 0 Å². The van der Waals surface area contributed by atoms with Gasteiger partial charge in [-0.2, -0.15) is 0 Å². The largest absolute Gasteiger partial charge is 0.366 e. The second kappa shape index (κ2) is 20.5. The molecule has 0 aromatic heterocycles. The fourth-order valence-corrected chi connectivity index (χ4v) is 1.50. The molecule has 0 unspecified atom stereocenters. The Morgan fingerprint density at radius 3 is 1.24 bits per heavy atom. The van der Waals surface area contributed by atoms with E-state index in [1.807, 2.05) is 0 Å². The number of rotatable bonds is 10. The van der Waals surface area contributed by atoms with Gasteiger partial charge in [-0.3, -0.25) is 24.0 Å². The van der Waals surface area contributed by atoms with E-state index in [0.717, 1.165) is 0 Å². The number of halogens is 6. The van der Waals surface area contributed by atoms with Crippen molar-refractivity contribution in [2.24, 2.45) is 0 Å². The molecule has 144 valence electrons. The summed E-state index contributed by atoms with van der Waals surface area (Å²) in [4.78, 5) is 49.5. The Hall–Kier alpha value is 0.140. The summed E-state index contributed by atoms with van der Waals surface area (Å²) < 4.78 is 4.79. The molecule has 0 N–H and O–H groups in total. The molecule has 13 heteroatoms. The lowest BCUT2D eigenvalue weighted by Crippen LogP contribution is -2.05. The lowest BCUT2D eigenvalue weighted by Gasteiger charge is -1.94. The van der Waals surface area contributed by atoms with Crippen molar-refractivity contribution in [3.8, 4) is 0 Å². The van der Waals surface area contributed by atoms with Crippen LogP contribution in [0.2, 0.25) is 0 Å². The van der Waals surface area contributed by atoms with Crippen molar-refractivity contribution in [1.29, 1.82) is 0 Å². The van der Waals surface area contributed by atoms with E-state index in [2.05, 4.69) is 17.0 Å². The Morgan fingerprint density at radius 2 is 1.04 bits per heavy atom. The summed E-state index contributed by atoms with van der Waals surface area (Å²) in [6.45, 7) is -0.0518. The molecule has 0 rings (SSSR count). The average molecular weight is 497 g/mol. The van der Waals surface area contributed by atoms with Crippen LogP contribution in [0.3, 0.4) is 0 Å². The summed E-state index contributed by atoms with van der Waals surface area (Å²) in [5.41, 5.74) is 0. The second-order valence-electron chi connectivity index (χ2n) is 3.65. The van der Waals surface area contributed by atoms with Gasteiger partial charge in [0, 0.05) is 12.8 Å². The van der Waals surface area contributed by atoms with Crippen molar-refractivity contribution in [1.82, 2.24) is 0 Å². The van der Waals surface area contributed by atoms with Crippen molar-refractivity contribution in [2.75, 3.05) is 13.2 Å². The van der Waals surface area contributed by atoms with Crippen molar-refractivity contribution >= 4 is 112 Å². The third kappa shape index (κ3) is 45.4. The molecule has 0 aromatic rings. The van der Waals surface area contributed by atoms with Crippen LogP contribution in [-0.2, 0) is 28.7 Å². The van der Waals surface area contributed by atoms with Crippen LogP contribution in [0.25, 0.3) is 0 Å². The molecular formula is C12H12Cl6O6S. The van der Waals surface area contributed by atoms with Gasteiger partial charge in [0.25, 0.3) is 0 Å². The molecule has 0 radical (unpaired) electrons. The molecule has 0 aliphatic rings. The lowest BCUT2D eigenvalue weighted by molar-refractivity contribution is -0.119. The maximum absolute atomic E-state index is 10.0. The Morgan fingerprint density at radius 1 is 0.640 bits per heavy atom. The van der Waals surface area contributed by atoms with Gasteiger partial charge in [-0.15, -0.1) is 0 Å². The van der Waals surface area contributed by atoms with Crippen LogP contribution in [0.15, 0.2) is 0 Å². The van der Waals surface area contributed by atoms with E-state index < -0.39 is 26.2 Å². The first kappa shape index (κ1) is 29.9. The molecule has 0 bridgehead atoms. The Bertz CT molecular complexity index is 415. The minimum atomic E-state index is -0.722. The maximum atomic E-state index is 10.0. The zero-order valence-corrected chi connectivity index (χ0v) is 17.7. The summed E-state index contributed by atoms with van der Waals surface area (Å²) in [6.07, 6.45) is 0.508. The molecule has 6 nitrogen and oxygen atoms in total. The molecule has 0 fully saturated rings. The van der Waals surface area contributed by atoms with Gasteiger partial charge in [0.15, 0.2) is 0 Å². The fraction of sp³-hybridized carbons (Fsp3) is 0.500. The fourth-order valence-electron chi connectivity index (χ4n) is 0.687. The van der Waals surface area contributed by atoms with Crippen LogP contribution in [0.5, 0.6) is 0 Å². The quantitative estimate of drug-likeness (QED) is 0.257. The molecule has 0 aliphatic carbocycles. The minimum Gasteiger partial charge on any atom is -0.366 e. The topological polar surface area (TPSA) is 94.6 Å². The number of thiocarbonyl (C=S) groups is 1. The molecular weight excluding hydrogens is 485 g/mol. The van der Waals surface area contributed by atoms with E-state index in [1.165, 1.54) is 0 Å². The lowest BCUT2D eigenvalue weighted by atomic mass is 10.3. The van der Waals surface area contributed by atoms with Gasteiger partial charge < -0.3 is 4.74 Å². The van der Waals surface area contributed by atoms with Gasteiger partial charge in [-0.1, -0.05) is 23.8 Å². The number of ether oxygens (including phenoxy) is 1. The van der Waals surface area contributed by atoms with Crippen molar-refractivity contribution in [2.45, 2.75) is 25.7 Å². The van der Waals surface area contributed by atoms with E-state index in [-0.39, 0.29) is 36.8 Å². The van der Waals surface area contributed by atoms with Crippen LogP contribution in [0.1, 0.15) is 25.7 Å². The van der Waals surface area contributed by atoms with E-state index in [9.17, 15) is 24.0 Å². The van der Waals surface area contributed by atoms with Gasteiger partial charge in [0.2, 0.25) is 26.2 Å². The SMILES string of the molecule is O=C(Cl)CC(=O)Cl.O=C(Cl)CCCC(=O)Cl.O=C(Cl)COCC(=S)Cl. The zero-order valence-electron chi connectivity index (χ0n) is 12.4. The molecule has 0 aliphatic heterocycles. The smallest absolute Gasteiger partial charge is 0.247 e. The van der Waals surface area contributed by atoms with E-state index in [4.69, 9.17) is 69.6 Å². The van der Waals surface area contributed by atoms with Crippen LogP contribution in [0.4, 0.5) is 0 Å². The first-order valence-corrected chi connectivity index (χ1v) is 8.73. The van der Waals surface area contributed by atoms with Crippen LogP contribution >= 0.6 is 81.8 Å². The highest BCUT2D eigenvalue weighted by Crippen LogP contribution is 2.01. The third-order valence-electron chi connectivity index (χ3n) is 1.46. The predicted molar refractivity (Wildman–Crippen MR) is 102 cm³/mol. The molecule has 0 atom stereocenters. The first-order valence-electron chi connectivity index (χ1n) is 6.06. The summed E-state index contributed by atoms with van der Waals surface area (Å²) >= 11 is 34.0. The second-order valence-corrected chi connectivity index (χ2v) is 6.93. The molecule has 0 aromatic carbocycles. The van der Waals surface area contributed by atoms with Crippen molar-refractivity contribution in [3.05, 3.63) is 0 Å². The highest BCUT2D eigenvalue weighted by Gasteiger charge is 2.00. The summed E-state index contributed by atoms with van der Waals surface area (Å²) in [7, 11) is 0. The highest BCUT2D eigenvalue weighted by molar-refractivity contribution is 7.83. The van der Waals surface area contributed by atoms with Gasteiger partial charge >= 0.3 is 0 Å². The predicted octanol–water partition coefficient (Wildman–Crippen LogP) is 3.93. The third-order valence-corrected chi connectivity index (χ3v) is 2.44. The van der Waals surface area contributed by atoms with E-state index in [0.29, 0.717) is 6.42 Å². The van der Waals surface area contributed by atoms with Gasteiger partial charge in [0.1, 0.15) is 10.9 Å². The van der Waals surface area contributed by atoms with Crippen LogP contribution in [0, 0.1) is 0 Å². The Labute approximate surface area is 179 Å². The molecule has 0 spiro atoms. The van der Waals surface area contributed by atoms with Crippen molar-refractivity contribution in [3.63, 3.8) is 0 Å². The number of hydrogen-bond acceptors (Lipinski definition) is 7. The number of hydrogen-bond donors (Lipinski definition) is 0. The number of carbonyl (C=O) groups is 5. The summed E-state index contributed by atoms with van der Waals surface area (Å²) in [5.74, 6) is 0. The summed E-state index contributed by atoms with van der Waals surface area (Å²) in [6, 6.07) is 0. The summed E-state index contributed by atoms with van der Waals surface area (Å²) in [5, 5.41) is -2.84. The van der Waals surface area contributed by atoms with Crippen LogP contribution in [-0.4, -0.2) is 43.7 Å². The normalized spacial score (nSPS) is 8.88. The molecule has 0 heterocycles. The zero-order chi connectivity index (χ0) is 20.4. The van der Waals surface area contributed by atoms with Gasteiger partial charge in [-0.05, 0) is 64.4 Å². The van der Waals surface area contributed by atoms with Gasteiger partial charge in [0.05, 0.1) is 13.0 Å². The minimum absolute atomic E-state index is 0.0926. The average Bonchev–Trinajstić information content (AvgIpc) is 2.36. The molecule has 25 heavy (non-hydrogen) atoms. The monoisotopic (exact) mass is 494 g/mol. The first-order chi connectivity index (χ1) is 11.4. The van der Waals surface area contributed by atoms with Crippen LogP contribution < -0.4 is 0 Å². The van der Waals surface area contributed by atoms with Crippen molar-refractivity contribution < 1.29 is 28.7 Å². The van der Waals surface area contributed by atoms with E-state index in [1.54, 1.807) is 0 Å². The molecule has 0 amide bonds. The Balaban J connectivity index is -0.000000293. The maximum Gasteiger partial charge on any atom is 0.247 e.